The number of carbonyl (C=O) groups is 1. The Bertz CT molecular complexity index is 107. The molecule has 0 aromatic heterocycles. The van der Waals surface area contributed by atoms with Gasteiger partial charge in [-0.3, -0.25) is 0 Å². The normalized spacial score (nSPS) is 18.3. The molecule has 0 atom stereocenters. The second-order valence-electron chi connectivity index (χ2n) is 2.12. The zero-order chi connectivity index (χ0) is 6.69. The fourth-order valence-corrected chi connectivity index (χ4v) is 0.673. The molecule has 0 aromatic rings. The number of hydrogen-bond donors (Lipinski definition) is 0. The van der Waals surface area contributed by atoms with Gasteiger partial charge in [0.15, 0.2) is 0 Å². The Kier molecular flexibility index (Phi) is 1.92. The molecule has 1 aliphatic carbocycles. The van der Waals surface area contributed by atoms with Crippen molar-refractivity contribution in [2.45, 2.75) is 25.4 Å². The van der Waals surface area contributed by atoms with E-state index in [-0.39, 0.29) is 6.10 Å². The summed E-state index contributed by atoms with van der Waals surface area (Å²) < 4.78 is 9.07. The lowest BCUT2D eigenvalue weighted by molar-refractivity contribution is 0.00639. The van der Waals surface area contributed by atoms with Crippen LogP contribution in [-0.4, -0.2) is 19.4 Å². The first kappa shape index (κ1) is 6.39. The molecule has 0 amide bonds. The van der Waals surface area contributed by atoms with E-state index in [0.717, 1.165) is 12.8 Å². The highest BCUT2D eigenvalue weighted by molar-refractivity contribution is 5.59. The highest BCUT2D eigenvalue weighted by atomic mass is 16.7. The Hall–Kier alpha value is -0.730. The van der Waals surface area contributed by atoms with Crippen LogP contribution in [-0.2, 0) is 9.47 Å². The van der Waals surface area contributed by atoms with Gasteiger partial charge in [-0.1, -0.05) is 0 Å². The van der Waals surface area contributed by atoms with Crippen LogP contribution in [0.15, 0.2) is 0 Å². The van der Waals surface area contributed by atoms with Gasteiger partial charge < -0.3 is 9.47 Å². The molecule has 0 spiro atoms. The Morgan fingerprint density at radius 3 is 2.56 bits per heavy atom. The van der Waals surface area contributed by atoms with Crippen molar-refractivity contribution >= 4 is 6.16 Å². The van der Waals surface area contributed by atoms with Gasteiger partial charge in [0.05, 0.1) is 7.11 Å². The summed E-state index contributed by atoms with van der Waals surface area (Å²) in [6.45, 7) is 0. The Balaban J connectivity index is 2.09. The number of carbonyl (C=O) groups excluding carboxylic acids is 1. The molecule has 52 valence electrons. The second-order valence-corrected chi connectivity index (χ2v) is 2.12. The molecule has 1 rings (SSSR count). The molecular formula is C6H10O3. The van der Waals surface area contributed by atoms with Crippen LogP contribution in [0.4, 0.5) is 4.79 Å². The molecule has 1 saturated carbocycles. The van der Waals surface area contributed by atoms with E-state index in [1.165, 1.54) is 13.5 Å². The van der Waals surface area contributed by atoms with Crippen LogP contribution in [0.5, 0.6) is 0 Å². The first-order chi connectivity index (χ1) is 4.33. The molecule has 0 aromatic carbocycles. The van der Waals surface area contributed by atoms with Gasteiger partial charge in [0.2, 0.25) is 0 Å². The first-order valence-electron chi connectivity index (χ1n) is 3.07. The Morgan fingerprint density at radius 1 is 1.56 bits per heavy atom. The molecule has 0 bridgehead atoms. The van der Waals surface area contributed by atoms with Gasteiger partial charge in [0, 0.05) is 0 Å². The largest absolute Gasteiger partial charge is 0.508 e. The highest BCUT2D eigenvalue weighted by Crippen LogP contribution is 2.21. The monoisotopic (exact) mass is 130 g/mol. The van der Waals surface area contributed by atoms with Crippen molar-refractivity contribution in [1.29, 1.82) is 0 Å². The highest BCUT2D eigenvalue weighted by Gasteiger charge is 2.21. The van der Waals surface area contributed by atoms with Crippen molar-refractivity contribution in [1.82, 2.24) is 0 Å². The van der Waals surface area contributed by atoms with Crippen molar-refractivity contribution in [3.63, 3.8) is 0 Å². The maximum atomic E-state index is 10.4. The molecule has 3 heteroatoms. The quantitative estimate of drug-likeness (QED) is 0.502. The lowest BCUT2D eigenvalue weighted by atomic mass is 9.96. The van der Waals surface area contributed by atoms with Gasteiger partial charge in [0.25, 0.3) is 0 Å². The maximum absolute atomic E-state index is 10.4. The summed E-state index contributed by atoms with van der Waals surface area (Å²) in [5.74, 6) is 0. The van der Waals surface area contributed by atoms with E-state index >= 15 is 0 Å². The minimum Gasteiger partial charge on any atom is -0.438 e. The summed E-state index contributed by atoms with van der Waals surface area (Å²) in [6.07, 6.45) is 2.74. The van der Waals surface area contributed by atoms with Crippen molar-refractivity contribution in [3.8, 4) is 0 Å². The molecule has 0 heterocycles. The number of methoxy groups -OCH3 is 1. The standard InChI is InChI=1S/C6H10O3/c1-8-6(7)9-5-3-2-4-5/h5H,2-4H2,1H3. The second kappa shape index (κ2) is 2.71. The van der Waals surface area contributed by atoms with Crippen molar-refractivity contribution in [2.75, 3.05) is 7.11 Å². The molecule has 0 radical (unpaired) electrons. The summed E-state index contributed by atoms with van der Waals surface area (Å²) in [4.78, 5) is 10.4. The number of hydrogen-bond acceptors (Lipinski definition) is 3. The number of ether oxygens (including phenoxy) is 2. The zero-order valence-electron chi connectivity index (χ0n) is 5.42. The van der Waals surface area contributed by atoms with Crippen molar-refractivity contribution in [3.05, 3.63) is 0 Å². The molecule has 0 saturated heterocycles. The predicted octanol–water partition coefficient (Wildman–Crippen LogP) is 1.32. The molecule has 9 heavy (non-hydrogen) atoms. The van der Waals surface area contributed by atoms with E-state index in [1.54, 1.807) is 0 Å². The van der Waals surface area contributed by atoms with Gasteiger partial charge in [-0.2, -0.15) is 0 Å². The lowest BCUT2D eigenvalue weighted by Crippen LogP contribution is -2.24. The van der Waals surface area contributed by atoms with Crippen LogP contribution >= 0.6 is 0 Å². The molecule has 1 fully saturated rings. The molecule has 0 aliphatic heterocycles. The van der Waals surface area contributed by atoms with Crippen molar-refractivity contribution in [2.24, 2.45) is 0 Å². The SMILES string of the molecule is COC(=O)OC1CCC1. The Labute approximate surface area is 53.9 Å². The van der Waals surface area contributed by atoms with E-state index in [0.29, 0.717) is 0 Å². The van der Waals surface area contributed by atoms with Gasteiger partial charge in [-0.05, 0) is 19.3 Å². The van der Waals surface area contributed by atoms with Gasteiger partial charge in [-0.15, -0.1) is 0 Å². The molecule has 0 unspecified atom stereocenters. The third-order valence-corrected chi connectivity index (χ3v) is 1.48. The van der Waals surface area contributed by atoms with Gasteiger partial charge in [-0.25, -0.2) is 4.79 Å². The Morgan fingerprint density at radius 2 is 2.22 bits per heavy atom. The van der Waals surface area contributed by atoms with Crippen LogP contribution in [0.3, 0.4) is 0 Å². The van der Waals surface area contributed by atoms with Crippen molar-refractivity contribution < 1.29 is 14.3 Å². The molecule has 1 aliphatic rings. The predicted molar refractivity (Wildman–Crippen MR) is 31.1 cm³/mol. The van der Waals surface area contributed by atoms with Crippen LogP contribution in [0.25, 0.3) is 0 Å². The third kappa shape index (κ3) is 1.59. The van der Waals surface area contributed by atoms with E-state index < -0.39 is 6.16 Å². The van der Waals surface area contributed by atoms with Crippen LogP contribution < -0.4 is 0 Å². The van der Waals surface area contributed by atoms with Crippen LogP contribution in [0.1, 0.15) is 19.3 Å². The third-order valence-electron chi connectivity index (χ3n) is 1.48. The fraction of sp³-hybridized carbons (Fsp3) is 0.833. The summed E-state index contributed by atoms with van der Waals surface area (Å²) in [7, 11) is 1.32. The molecule has 0 N–H and O–H groups in total. The summed E-state index contributed by atoms with van der Waals surface area (Å²) >= 11 is 0. The smallest absolute Gasteiger partial charge is 0.438 e. The summed E-state index contributed by atoms with van der Waals surface area (Å²) in [5, 5.41) is 0. The topological polar surface area (TPSA) is 35.5 Å². The number of rotatable bonds is 1. The zero-order valence-corrected chi connectivity index (χ0v) is 5.42. The molecular weight excluding hydrogens is 120 g/mol. The van der Waals surface area contributed by atoms with Gasteiger partial charge in [0.1, 0.15) is 6.10 Å². The minimum absolute atomic E-state index is 0.137. The molecule has 3 nitrogen and oxygen atoms in total. The van der Waals surface area contributed by atoms with Gasteiger partial charge >= 0.3 is 6.16 Å². The van der Waals surface area contributed by atoms with Crippen LogP contribution in [0.2, 0.25) is 0 Å². The average molecular weight is 130 g/mol. The first-order valence-corrected chi connectivity index (χ1v) is 3.07. The van der Waals surface area contributed by atoms with E-state index in [9.17, 15) is 4.79 Å². The van der Waals surface area contributed by atoms with E-state index in [2.05, 4.69) is 4.74 Å². The fourth-order valence-electron chi connectivity index (χ4n) is 0.673. The maximum Gasteiger partial charge on any atom is 0.508 e. The van der Waals surface area contributed by atoms with E-state index in [4.69, 9.17) is 4.74 Å². The minimum atomic E-state index is -0.556. The van der Waals surface area contributed by atoms with E-state index in [1.807, 2.05) is 0 Å². The average Bonchev–Trinajstić information content (AvgIpc) is 1.78. The summed E-state index contributed by atoms with van der Waals surface area (Å²) in [5.41, 5.74) is 0. The lowest BCUT2D eigenvalue weighted by Gasteiger charge is -2.23. The van der Waals surface area contributed by atoms with Crippen LogP contribution in [0, 0.1) is 0 Å². The summed E-state index contributed by atoms with van der Waals surface area (Å²) in [6, 6.07) is 0.